The summed E-state index contributed by atoms with van der Waals surface area (Å²) in [5.74, 6) is 0.999. The van der Waals surface area contributed by atoms with Crippen molar-refractivity contribution in [1.29, 1.82) is 0 Å². The number of carbonyl (C=O) groups is 1. The Morgan fingerprint density at radius 1 is 1.19 bits per heavy atom. The van der Waals surface area contributed by atoms with E-state index in [9.17, 15) is 4.79 Å². The van der Waals surface area contributed by atoms with E-state index in [-0.39, 0.29) is 5.78 Å². The molecule has 0 saturated carbocycles. The van der Waals surface area contributed by atoms with Crippen LogP contribution in [0.3, 0.4) is 0 Å². The second-order valence-electron chi connectivity index (χ2n) is 4.91. The largest absolute Gasteiger partial charge is 0.294 e. The predicted octanol–water partition coefficient (Wildman–Crippen LogP) is 3.80. The lowest BCUT2D eigenvalue weighted by atomic mass is 9.96. The van der Waals surface area contributed by atoms with Crippen molar-refractivity contribution in [1.82, 2.24) is 9.97 Å². The fourth-order valence-corrected chi connectivity index (χ4v) is 2.96. The van der Waals surface area contributed by atoms with Crippen LogP contribution < -0.4 is 0 Å². The summed E-state index contributed by atoms with van der Waals surface area (Å²) in [5.41, 5.74) is 2.82. The van der Waals surface area contributed by atoms with E-state index in [1.54, 1.807) is 18.0 Å². The Labute approximate surface area is 128 Å². The number of Topliss-reactive ketones (excluding diaryl/α,β-unsaturated/α-hetero) is 1. The van der Waals surface area contributed by atoms with Crippen molar-refractivity contribution >= 4 is 23.6 Å². The molecular formula is C17H16N2OS. The van der Waals surface area contributed by atoms with E-state index < -0.39 is 0 Å². The van der Waals surface area contributed by atoms with Gasteiger partial charge in [-0.3, -0.25) is 4.79 Å². The number of nitrogens with zero attached hydrogens (tertiary/aromatic N) is 2. The third-order valence-electron chi connectivity index (χ3n) is 3.38. The van der Waals surface area contributed by atoms with E-state index >= 15 is 0 Å². The first kappa shape index (κ1) is 14.0. The molecule has 3 nitrogen and oxygen atoms in total. The van der Waals surface area contributed by atoms with Crippen LogP contribution >= 0.6 is 11.8 Å². The summed E-state index contributed by atoms with van der Waals surface area (Å²) in [4.78, 5) is 20.5. The Kier molecular flexibility index (Phi) is 4.46. The van der Waals surface area contributed by atoms with Gasteiger partial charge < -0.3 is 0 Å². The molecule has 1 aromatic heterocycles. The van der Waals surface area contributed by atoms with Gasteiger partial charge in [0, 0.05) is 18.4 Å². The Balaban J connectivity index is 1.61. The maximum Gasteiger partial charge on any atom is 0.188 e. The van der Waals surface area contributed by atoms with Gasteiger partial charge in [-0.25, -0.2) is 9.97 Å². The van der Waals surface area contributed by atoms with Crippen LogP contribution in [0, 0.1) is 0 Å². The average molecular weight is 296 g/mol. The highest BCUT2D eigenvalue weighted by molar-refractivity contribution is 7.99. The lowest BCUT2D eigenvalue weighted by Crippen LogP contribution is -2.13. The quantitative estimate of drug-likeness (QED) is 0.636. The molecule has 0 radical (unpaired) electrons. The van der Waals surface area contributed by atoms with Crippen molar-refractivity contribution in [2.45, 2.75) is 24.4 Å². The number of aryl methyl sites for hydroxylation is 1. The number of hydrogen-bond acceptors (Lipinski definition) is 4. The average Bonchev–Trinajstić information content (AvgIpc) is 2.53. The van der Waals surface area contributed by atoms with Gasteiger partial charge in [-0.15, -0.1) is 0 Å². The van der Waals surface area contributed by atoms with Crippen molar-refractivity contribution in [3.8, 4) is 0 Å². The minimum atomic E-state index is 0.178. The Bertz CT molecular complexity index is 668. The molecule has 1 heterocycles. The van der Waals surface area contributed by atoms with Crippen LogP contribution in [0.2, 0.25) is 0 Å². The molecule has 1 aromatic carbocycles. The van der Waals surface area contributed by atoms with E-state index in [0.717, 1.165) is 29.4 Å². The summed E-state index contributed by atoms with van der Waals surface area (Å²) in [7, 11) is 0. The molecular weight excluding hydrogens is 280 g/mol. The Morgan fingerprint density at radius 3 is 2.90 bits per heavy atom. The number of benzene rings is 1. The molecule has 0 saturated heterocycles. The molecule has 2 aromatic rings. The molecule has 3 rings (SSSR count). The van der Waals surface area contributed by atoms with Crippen molar-refractivity contribution in [2.24, 2.45) is 0 Å². The van der Waals surface area contributed by atoms with Crippen LogP contribution in [0.15, 0.2) is 47.8 Å². The van der Waals surface area contributed by atoms with Crippen molar-refractivity contribution < 1.29 is 4.79 Å². The molecule has 0 unspecified atom stereocenters. The van der Waals surface area contributed by atoms with Crippen molar-refractivity contribution in [2.75, 3.05) is 5.75 Å². The monoisotopic (exact) mass is 296 g/mol. The number of aromatic nitrogens is 2. The Hall–Kier alpha value is -1.94. The van der Waals surface area contributed by atoms with Crippen molar-refractivity contribution in [3.63, 3.8) is 0 Å². The normalized spacial score (nSPS) is 14.4. The molecule has 0 spiro atoms. The molecule has 106 valence electrons. The lowest BCUT2D eigenvalue weighted by Gasteiger charge is -2.13. The van der Waals surface area contributed by atoms with Gasteiger partial charge in [0.15, 0.2) is 10.9 Å². The summed E-state index contributed by atoms with van der Waals surface area (Å²) in [6, 6.07) is 10.2. The van der Waals surface area contributed by atoms with Crippen LogP contribution in [0.1, 0.15) is 34.5 Å². The third kappa shape index (κ3) is 3.58. The van der Waals surface area contributed by atoms with Crippen LogP contribution in [0.25, 0.3) is 6.08 Å². The second kappa shape index (κ2) is 6.68. The van der Waals surface area contributed by atoms with E-state index in [4.69, 9.17) is 0 Å². The molecule has 0 bridgehead atoms. The molecule has 1 aliphatic rings. The highest BCUT2D eigenvalue weighted by atomic mass is 32.2. The number of carbonyl (C=O) groups excluding carboxylic acids is 1. The van der Waals surface area contributed by atoms with E-state index in [0.29, 0.717) is 12.0 Å². The van der Waals surface area contributed by atoms with E-state index in [1.165, 1.54) is 5.56 Å². The molecule has 0 atom stereocenters. The van der Waals surface area contributed by atoms with Crippen molar-refractivity contribution in [3.05, 3.63) is 59.4 Å². The molecule has 0 aliphatic heterocycles. The van der Waals surface area contributed by atoms with Gasteiger partial charge in [-0.2, -0.15) is 0 Å². The minimum absolute atomic E-state index is 0.178. The SMILES string of the molecule is O=C1CCCc2nc(SC/C=C/c3ccccc3)ncc21. The van der Waals surface area contributed by atoms with Crippen LogP contribution in [-0.2, 0) is 6.42 Å². The first-order chi connectivity index (χ1) is 10.3. The zero-order valence-corrected chi connectivity index (χ0v) is 12.5. The topological polar surface area (TPSA) is 42.9 Å². The standard InChI is InChI=1S/C17H16N2OS/c20-16-10-4-9-15-14(16)12-18-17(19-15)21-11-5-8-13-6-2-1-3-7-13/h1-3,5-8,12H,4,9-11H2/b8-5+. The van der Waals surface area contributed by atoms with Crippen LogP contribution in [0.4, 0.5) is 0 Å². The minimum Gasteiger partial charge on any atom is -0.294 e. The van der Waals surface area contributed by atoms with Gasteiger partial charge in [-0.1, -0.05) is 54.2 Å². The van der Waals surface area contributed by atoms with Crippen LogP contribution in [0.5, 0.6) is 0 Å². The maximum atomic E-state index is 11.7. The van der Waals surface area contributed by atoms with Gasteiger partial charge in [0.25, 0.3) is 0 Å². The number of fused-ring (bicyclic) bond motifs is 1. The third-order valence-corrected chi connectivity index (χ3v) is 4.20. The molecule has 0 fully saturated rings. The molecule has 4 heteroatoms. The molecule has 1 aliphatic carbocycles. The highest BCUT2D eigenvalue weighted by Crippen LogP contribution is 2.22. The van der Waals surface area contributed by atoms with Gasteiger partial charge in [0.1, 0.15) is 0 Å². The fraction of sp³-hybridized carbons (Fsp3) is 0.235. The summed E-state index contributed by atoms with van der Waals surface area (Å²) in [6.07, 6.45) is 8.30. The Morgan fingerprint density at radius 2 is 2.05 bits per heavy atom. The maximum absolute atomic E-state index is 11.7. The summed E-state index contributed by atoms with van der Waals surface area (Å²) in [6.45, 7) is 0. The summed E-state index contributed by atoms with van der Waals surface area (Å²) < 4.78 is 0. The predicted molar refractivity (Wildman–Crippen MR) is 85.5 cm³/mol. The second-order valence-corrected chi connectivity index (χ2v) is 5.90. The van der Waals surface area contributed by atoms with Gasteiger partial charge in [0.2, 0.25) is 0 Å². The van der Waals surface area contributed by atoms with E-state index in [2.05, 4.69) is 34.3 Å². The summed E-state index contributed by atoms with van der Waals surface area (Å²) >= 11 is 1.59. The van der Waals surface area contributed by atoms with Crippen LogP contribution in [-0.4, -0.2) is 21.5 Å². The van der Waals surface area contributed by atoms with E-state index in [1.807, 2.05) is 18.2 Å². The lowest BCUT2D eigenvalue weighted by molar-refractivity contribution is 0.0970. The van der Waals surface area contributed by atoms with Gasteiger partial charge in [-0.05, 0) is 18.4 Å². The van der Waals surface area contributed by atoms with Gasteiger partial charge in [0.05, 0.1) is 11.3 Å². The smallest absolute Gasteiger partial charge is 0.188 e. The molecule has 0 N–H and O–H groups in total. The summed E-state index contributed by atoms with van der Waals surface area (Å²) in [5, 5.41) is 0.751. The number of ketones is 1. The highest BCUT2D eigenvalue weighted by Gasteiger charge is 2.19. The zero-order valence-electron chi connectivity index (χ0n) is 11.7. The van der Waals surface area contributed by atoms with Gasteiger partial charge >= 0.3 is 0 Å². The number of thioether (sulfide) groups is 1. The molecule has 21 heavy (non-hydrogen) atoms. The number of hydrogen-bond donors (Lipinski definition) is 0. The first-order valence-corrected chi connectivity index (χ1v) is 8.05. The fourth-order valence-electron chi connectivity index (χ4n) is 2.31. The molecule has 0 amide bonds. The number of rotatable bonds is 4. The zero-order chi connectivity index (χ0) is 14.5. The first-order valence-electron chi connectivity index (χ1n) is 7.06.